The molecule has 1 unspecified atom stereocenters. The largest absolute Gasteiger partial charge is 0.348 e. The molecule has 0 bridgehead atoms. The number of amides is 1. The van der Waals surface area contributed by atoms with Crippen LogP contribution in [0.2, 0.25) is 5.02 Å². The van der Waals surface area contributed by atoms with E-state index in [0.717, 1.165) is 17.7 Å². The molecule has 0 saturated heterocycles. The van der Waals surface area contributed by atoms with Crippen LogP contribution in [0.4, 0.5) is 0 Å². The number of nitrogens with one attached hydrogen (secondary N) is 1. The molecule has 29 heavy (non-hydrogen) atoms. The maximum Gasteiger partial charge on any atom is 0.230 e. The third-order valence-electron chi connectivity index (χ3n) is 4.67. The molecule has 1 amide bonds. The zero-order chi connectivity index (χ0) is 20.8. The standard InChI is InChI=1S/C22H25ClN4OS/c1-4-16-8-10-17(11-9-16)21(15(2)3)25-20(28)13-29-22-26-24-14-27(22)19-7-5-6-18(23)12-19/h5-12,14-15,21H,4,13H2,1-3H3,(H,25,28). The zero-order valence-corrected chi connectivity index (χ0v) is 18.4. The minimum atomic E-state index is -0.0334. The average molecular weight is 429 g/mol. The minimum Gasteiger partial charge on any atom is -0.348 e. The van der Waals surface area contributed by atoms with Crippen LogP contribution in [0.3, 0.4) is 0 Å². The van der Waals surface area contributed by atoms with Crippen molar-refractivity contribution in [3.63, 3.8) is 0 Å². The number of halogens is 1. The summed E-state index contributed by atoms with van der Waals surface area (Å²) in [5, 5.41) is 12.6. The van der Waals surface area contributed by atoms with Crippen LogP contribution in [0.25, 0.3) is 5.69 Å². The fourth-order valence-corrected chi connectivity index (χ4v) is 3.99. The van der Waals surface area contributed by atoms with Gasteiger partial charge < -0.3 is 5.32 Å². The maximum absolute atomic E-state index is 12.6. The summed E-state index contributed by atoms with van der Waals surface area (Å²) < 4.78 is 1.83. The Bertz CT molecular complexity index is 955. The van der Waals surface area contributed by atoms with Crippen molar-refractivity contribution < 1.29 is 4.79 Å². The van der Waals surface area contributed by atoms with Gasteiger partial charge in [-0.15, -0.1) is 10.2 Å². The van der Waals surface area contributed by atoms with E-state index in [1.807, 2.05) is 28.8 Å². The van der Waals surface area contributed by atoms with Crippen molar-refractivity contribution in [2.75, 3.05) is 5.75 Å². The quantitative estimate of drug-likeness (QED) is 0.508. The molecule has 0 aliphatic heterocycles. The first kappa shape index (κ1) is 21.4. The Morgan fingerprint density at radius 1 is 1.21 bits per heavy atom. The van der Waals surface area contributed by atoms with Crippen LogP contribution in [0, 0.1) is 5.92 Å². The summed E-state index contributed by atoms with van der Waals surface area (Å²) in [7, 11) is 0. The van der Waals surface area contributed by atoms with E-state index in [0.29, 0.717) is 10.2 Å². The van der Waals surface area contributed by atoms with Gasteiger partial charge in [-0.3, -0.25) is 9.36 Å². The summed E-state index contributed by atoms with van der Waals surface area (Å²) in [5.74, 6) is 0.510. The number of benzene rings is 2. The van der Waals surface area contributed by atoms with E-state index in [1.54, 1.807) is 6.33 Å². The molecule has 0 aliphatic carbocycles. The van der Waals surface area contributed by atoms with Crippen molar-refractivity contribution in [2.45, 2.75) is 38.4 Å². The predicted molar refractivity (Wildman–Crippen MR) is 119 cm³/mol. The summed E-state index contributed by atoms with van der Waals surface area (Å²) >= 11 is 7.43. The van der Waals surface area contributed by atoms with Gasteiger partial charge in [0.05, 0.1) is 17.5 Å². The zero-order valence-electron chi connectivity index (χ0n) is 16.8. The molecule has 1 N–H and O–H groups in total. The second-order valence-corrected chi connectivity index (χ2v) is 8.52. The number of thioether (sulfide) groups is 1. The van der Waals surface area contributed by atoms with E-state index < -0.39 is 0 Å². The number of carbonyl (C=O) groups is 1. The number of hydrogen-bond donors (Lipinski definition) is 1. The normalized spacial score (nSPS) is 12.2. The summed E-state index contributed by atoms with van der Waals surface area (Å²) in [6.07, 6.45) is 2.63. The molecule has 1 atom stereocenters. The van der Waals surface area contributed by atoms with Crippen molar-refractivity contribution in [1.29, 1.82) is 0 Å². The highest BCUT2D eigenvalue weighted by Crippen LogP contribution is 2.24. The molecule has 0 spiro atoms. The van der Waals surface area contributed by atoms with Gasteiger partial charge in [0.2, 0.25) is 5.91 Å². The number of nitrogens with zero attached hydrogens (tertiary/aromatic N) is 3. The van der Waals surface area contributed by atoms with Crippen LogP contribution < -0.4 is 5.32 Å². The van der Waals surface area contributed by atoms with Crippen LogP contribution in [0.5, 0.6) is 0 Å². The maximum atomic E-state index is 12.6. The molecule has 0 aliphatic rings. The number of aromatic nitrogens is 3. The summed E-state index contributed by atoms with van der Waals surface area (Å²) in [6, 6.07) is 15.9. The molecule has 5 nitrogen and oxygen atoms in total. The fourth-order valence-electron chi connectivity index (χ4n) is 3.07. The van der Waals surface area contributed by atoms with Gasteiger partial charge in [-0.1, -0.05) is 74.5 Å². The summed E-state index contributed by atoms with van der Waals surface area (Å²) in [4.78, 5) is 12.6. The summed E-state index contributed by atoms with van der Waals surface area (Å²) in [5.41, 5.74) is 3.28. The van der Waals surface area contributed by atoms with Crippen molar-refractivity contribution in [3.8, 4) is 5.69 Å². The molecule has 2 aromatic carbocycles. The first-order valence-corrected chi connectivity index (χ1v) is 11.0. The van der Waals surface area contributed by atoms with Crippen LogP contribution in [0.15, 0.2) is 60.0 Å². The van der Waals surface area contributed by atoms with Crippen molar-refractivity contribution in [1.82, 2.24) is 20.1 Å². The Hall–Kier alpha value is -2.31. The second kappa shape index (κ2) is 9.94. The number of rotatable bonds is 8. The van der Waals surface area contributed by atoms with E-state index in [2.05, 4.69) is 60.6 Å². The minimum absolute atomic E-state index is 0.0280. The lowest BCUT2D eigenvalue weighted by molar-refractivity contribution is -0.119. The Morgan fingerprint density at radius 3 is 2.62 bits per heavy atom. The van der Waals surface area contributed by atoms with Crippen LogP contribution in [0.1, 0.15) is 37.9 Å². The SMILES string of the molecule is CCc1ccc(C(NC(=O)CSc2nncn2-c2cccc(Cl)c2)C(C)C)cc1. The molecule has 0 radical (unpaired) electrons. The molecule has 7 heteroatoms. The van der Waals surface area contributed by atoms with E-state index in [4.69, 9.17) is 11.6 Å². The third-order valence-corrected chi connectivity index (χ3v) is 5.84. The van der Waals surface area contributed by atoms with Gasteiger partial charge in [0.25, 0.3) is 0 Å². The van der Waals surface area contributed by atoms with Gasteiger partial charge >= 0.3 is 0 Å². The van der Waals surface area contributed by atoms with Crippen molar-refractivity contribution in [3.05, 3.63) is 71.0 Å². The van der Waals surface area contributed by atoms with Gasteiger partial charge in [-0.25, -0.2) is 0 Å². The van der Waals surface area contributed by atoms with Gasteiger partial charge in [0.15, 0.2) is 5.16 Å². The Balaban J connectivity index is 1.65. The number of hydrogen-bond acceptors (Lipinski definition) is 4. The lowest BCUT2D eigenvalue weighted by atomic mass is 9.95. The highest BCUT2D eigenvalue weighted by molar-refractivity contribution is 7.99. The van der Waals surface area contributed by atoms with Gasteiger partial charge in [0, 0.05) is 5.02 Å². The second-order valence-electron chi connectivity index (χ2n) is 7.14. The van der Waals surface area contributed by atoms with Crippen LogP contribution >= 0.6 is 23.4 Å². The molecular formula is C22H25ClN4OS. The molecular weight excluding hydrogens is 404 g/mol. The number of aryl methyl sites for hydroxylation is 1. The average Bonchev–Trinajstić information content (AvgIpc) is 3.19. The molecule has 0 saturated carbocycles. The molecule has 0 fully saturated rings. The lowest BCUT2D eigenvalue weighted by Crippen LogP contribution is -2.33. The van der Waals surface area contributed by atoms with Crippen molar-refractivity contribution >= 4 is 29.3 Å². The van der Waals surface area contributed by atoms with Crippen molar-refractivity contribution in [2.24, 2.45) is 5.92 Å². The molecule has 1 heterocycles. The number of carbonyl (C=O) groups excluding carboxylic acids is 1. The first-order valence-electron chi connectivity index (χ1n) is 9.65. The fraction of sp³-hybridized carbons (Fsp3) is 0.318. The molecule has 3 aromatic rings. The Kier molecular flexibility index (Phi) is 7.34. The summed E-state index contributed by atoms with van der Waals surface area (Å²) in [6.45, 7) is 6.36. The Morgan fingerprint density at radius 2 is 1.97 bits per heavy atom. The van der Waals surface area contributed by atoms with Gasteiger partial charge in [-0.05, 0) is 41.7 Å². The van der Waals surface area contributed by atoms with Crippen LogP contribution in [-0.2, 0) is 11.2 Å². The predicted octanol–water partition coefficient (Wildman–Crippen LogP) is 5.09. The van der Waals surface area contributed by atoms with E-state index >= 15 is 0 Å². The van der Waals surface area contributed by atoms with E-state index in [1.165, 1.54) is 17.3 Å². The highest BCUT2D eigenvalue weighted by atomic mass is 35.5. The lowest BCUT2D eigenvalue weighted by Gasteiger charge is -2.23. The monoisotopic (exact) mass is 428 g/mol. The first-order chi connectivity index (χ1) is 14.0. The highest BCUT2D eigenvalue weighted by Gasteiger charge is 2.19. The van der Waals surface area contributed by atoms with E-state index in [9.17, 15) is 4.79 Å². The topological polar surface area (TPSA) is 59.8 Å². The van der Waals surface area contributed by atoms with Crippen LogP contribution in [-0.4, -0.2) is 26.4 Å². The van der Waals surface area contributed by atoms with E-state index in [-0.39, 0.29) is 23.6 Å². The molecule has 3 rings (SSSR count). The smallest absolute Gasteiger partial charge is 0.230 e. The third kappa shape index (κ3) is 5.61. The Labute approximate surface area is 180 Å². The molecule has 1 aromatic heterocycles. The van der Waals surface area contributed by atoms with Gasteiger partial charge in [-0.2, -0.15) is 0 Å². The van der Waals surface area contributed by atoms with Gasteiger partial charge in [0.1, 0.15) is 6.33 Å². The molecule has 152 valence electrons.